The highest BCUT2D eigenvalue weighted by molar-refractivity contribution is 14.0. The van der Waals surface area contributed by atoms with Gasteiger partial charge in [0.05, 0.1) is 22.9 Å². The fourth-order valence-corrected chi connectivity index (χ4v) is 1.11. The van der Waals surface area contributed by atoms with E-state index in [1.54, 1.807) is 0 Å². The topological polar surface area (TPSA) is 28.7 Å². The Morgan fingerprint density at radius 1 is 1.21 bits per heavy atom. The number of alkyl halides is 3. The summed E-state index contributed by atoms with van der Waals surface area (Å²) in [5, 5.41) is 0. The Morgan fingerprint density at radius 3 is 2.57 bits per heavy atom. The molecular formula is C8H6F3IN2. The third-order valence-electron chi connectivity index (χ3n) is 1.75. The van der Waals surface area contributed by atoms with Crippen LogP contribution in [-0.4, -0.2) is 9.97 Å². The van der Waals surface area contributed by atoms with E-state index in [1.807, 2.05) is 0 Å². The van der Waals surface area contributed by atoms with Crippen molar-refractivity contribution in [2.75, 3.05) is 0 Å². The highest BCUT2D eigenvalue weighted by Crippen LogP contribution is 2.30. The molecule has 1 aromatic carbocycles. The van der Waals surface area contributed by atoms with Crippen LogP contribution in [0.4, 0.5) is 13.2 Å². The Bertz CT molecular complexity index is 435. The van der Waals surface area contributed by atoms with Gasteiger partial charge >= 0.3 is 6.18 Å². The predicted octanol–water partition coefficient (Wildman–Crippen LogP) is 3.20. The number of nitrogens with one attached hydrogen (secondary N) is 1. The normalized spacial score (nSPS) is 11.4. The van der Waals surface area contributed by atoms with Gasteiger partial charge in [0.25, 0.3) is 0 Å². The minimum atomic E-state index is -4.30. The van der Waals surface area contributed by atoms with Gasteiger partial charge < -0.3 is 4.98 Å². The van der Waals surface area contributed by atoms with Gasteiger partial charge in [-0.3, -0.25) is 0 Å². The molecule has 0 saturated heterocycles. The number of hydrogen-bond acceptors (Lipinski definition) is 1. The first-order valence-corrected chi connectivity index (χ1v) is 3.58. The Hall–Kier alpha value is -0.790. The van der Waals surface area contributed by atoms with Crippen LogP contribution in [0.25, 0.3) is 11.0 Å². The summed E-state index contributed by atoms with van der Waals surface area (Å²) in [7, 11) is 0. The lowest BCUT2D eigenvalue weighted by Gasteiger charge is -2.04. The van der Waals surface area contributed by atoms with Gasteiger partial charge in [-0.15, -0.1) is 24.0 Å². The molecule has 14 heavy (non-hydrogen) atoms. The first-order chi connectivity index (χ1) is 6.07. The summed E-state index contributed by atoms with van der Waals surface area (Å²) in [6.45, 7) is 0. The van der Waals surface area contributed by atoms with Crippen LogP contribution in [0.3, 0.4) is 0 Å². The number of rotatable bonds is 0. The highest BCUT2D eigenvalue weighted by atomic mass is 127. The number of imidazole rings is 1. The van der Waals surface area contributed by atoms with Gasteiger partial charge in [-0.25, -0.2) is 4.98 Å². The fourth-order valence-electron chi connectivity index (χ4n) is 1.11. The second-order valence-electron chi connectivity index (χ2n) is 2.63. The number of H-pyrrole nitrogens is 1. The fraction of sp³-hybridized carbons (Fsp3) is 0.125. The molecule has 0 amide bonds. The van der Waals surface area contributed by atoms with Gasteiger partial charge in [0, 0.05) is 0 Å². The number of nitrogens with zero attached hydrogens (tertiary/aromatic N) is 1. The maximum atomic E-state index is 12.2. The van der Waals surface area contributed by atoms with Gasteiger partial charge in [-0.05, 0) is 18.2 Å². The smallest absolute Gasteiger partial charge is 0.345 e. The zero-order valence-electron chi connectivity index (χ0n) is 6.80. The summed E-state index contributed by atoms with van der Waals surface area (Å²) in [6, 6.07) is 3.41. The molecule has 0 fully saturated rings. The number of aromatic nitrogens is 2. The first kappa shape index (κ1) is 11.3. The third kappa shape index (κ3) is 1.99. The molecule has 76 valence electrons. The number of benzene rings is 1. The zero-order chi connectivity index (χ0) is 9.47. The minimum absolute atomic E-state index is 0. The summed E-state index contributed by atoms with van der Waals surface area (Å²) >= 11 is 0. The molecule has 6 heteroatoms. The van der Waals surface area contributed by atoms with E-state index < -0.39 is 11.7 Å². The van der Waals surface area contributed by atoms with E-state index in [4.69, 9.17) is 0 Å². The van der Waals surface area contributed by atoms with E-state index in [1.165, 1.54) is 12.4 Å². The van der Waals surface area contributed by atoms with Crippen LogP contribution in [0.15, 0.2) is 24.5 Å². The maximum absolute atomic E-state index is 12.2. The largest absolute Gasteiger partial charge is 0.416 e. The van der Waals surface area contributed by atoms with Gasteiger partial charge in [0.2, 0.25) is 0 Å². The number of aromatic amines is 1. The number of fused-ring (bicyclic) bond motifs is 1. The lowest BCUT2D eigenvalue weighted by molar-refractivity contribution is -0.137. The van der Waals surface area contributed by atoms with Crippen LogP contribution < -0.4 is 0 Å². The summed E-state index contributed by atoms with van der Waals surface area (Å²) in [5.41, 5.74) is 0.259. The van der Waals surface area contributed by atoms with E-state index in [0.29, 0.717) is 11.0 Å². The molecule has 0 radical (unpaired) electrons. The predicted molar refractivity (Wildman–Crippen MR) is 56.5 cm³/mol. The molecule has 2 rings (SSSR count). The standard InChI is InChI=1S/C8H5F3N2.HI/c9-8(10,11)5-1-2-6-7(3-5)13-4-12-6;/h1-4H,(H,12,13);1H. The molecule has 2 aromatic rings. The molecule has 0 aliphatic heterocycles. The summed E-state index contributed by atoms with van der Waals surface area (Å²) in [5.74, 6) is 0. The van der Waals surface area contributed by atoms with E-state index >= 15 is 0 Å². The van der Waals surface area contributed by atoms with Crippen molar-refractivity contribution in [3.05, 3.63) is 30.1 Å². The van der Waals surface area contributed by atoms with Gasteiger partial charge in [-0.2, -0.15) is 13.2 Å². The average molecular weight is 314 g/mol. The van der Waals surface area contributed by atoms with Crippen LogP contribution >= 0.6 is 24.0 Å². The Morgan fingerprint density at radius 2 is 1.93 bits per heavy atom. The van der Waals surface area contributed by atoms with E-state index in [2.05, 4.69) is 9.97 Å². The summed E-state index contributed by atoms with van der Waals surface area (Å²) < 4.78 is 36.6. The molecule has 0 bridgehead atoms. The highest BCUT2D eigenvalue weighted by Gasteiger charge is 2.30. The summed E-state index contributed by atoms with van der Waals surface area (Å²) in [4.78, 5) is 6.46. The lowest BCUT2D eigenvalue weighted by Crippen LogP contribution is -2.04. The lowest BCUT2D eigenvalue weighted by atomic mass is 10.2. The van der Waals surface area contributed by atoms with Gasteiger partial charge in [-0.1, -0.05) is 0 Å². The molecule has 0 aliphatic rings. The van der Waals surface area contributed by atoms with Crippen molar-refractivity contribution in [2.45, 2.75) is 6.18 Å². The molecule has 1 N–H and O–H groups in total. The van der Waals surface area contributed by atoms with E-state index in [9.17, 15) is 13.2 Å². The maximum Gasteiger partial charge on any atom is 0.416 e. The Labute approximate surface area is 94.5 Å². The molecule has 0 spiro atoms. The van der Waals surface area contributed by atoms with Gasteiger partial charge in [0.15, 0.2) is 0 Å². The SMILES string of the molecule is FC(F)(F)c1ccc2[nH]cnc2c1.I. The molecule has 1 aromatic heterocycles. The van der Waals surface area contributed by atoms with E-state index in [0.717, 1.165) is 12.1 Å². The Balaban J connectivity index is 0.000000980. The second kappa shape index (κ2) is 3.76. The molecular weight excluding hydrogens is 308 g/mol. The van der Waals surface area contributed by atoms with Crippen molar-refractivity contribution in [3.8, 4) is 0 Å². The second-order valence-corrected chi connectivity index (χ2v) is 2.63. The summed E-state index contributed by atoms with van der Waals surface area (Å²) in [6.07, 6.45) is -2.93. The molecule has 0 unspecified atom stereocenters. The molecule has 1 heterocycles. The van der Waals surface area contributed by atoms with Crippen LogP contribution in [-0.2, 0) is 6.18 Å². The van der Waals surface area contributed by atoms with Crippen LogP contribution in [0, 0.1) is 0 Å². The number of halogens is 4. The van der Waals surface area contributed by atoms with Crippen molar-refractivity contribution in [1.82, 2.24) is 9.97 Å². The van der Waals surface area contributed by atoms with Crippen molar-refractivity contribution in [3.63, 3.8) is 0 Å². The molecule has 0 atom stereocenters. The average Bonchev–Trinajstić information content (AvgIpc) is 2.47. The minimum Gasteiger partial charge on any atom is -0.345 e. The van der Waals surface area contributed by atoms with Gasteiger partial charge in [0.1, 0.15) is 0 Å². The molecule has 0 saturated carbocycles. The molecule has 0 aliphatic carbocycles. The Kier molecular flexibility index (Phi) is 3.03. The van der Waals surface area contributed by atoms with Crippen molar-refractivity contribution < 1.29 is 13.2 Å². The quantitative estimate of drug-likeness (QED) is 0.743. The van der Waals surface area contributed by atoms with Crippen molar-refractivity contribution in [1.29, 1.82) is 0 Å². The van der Waals surface area contributed by atoms with Crippen LogP contribution in [0.1, 0.15) is 5.56 Å². The van der Waals surface area contributed by atoms with E-state index in [-0.39, 0.29) is 24.0 Å². The number of hydrogen-bond donors (Lipinski definition) is 1. The monoisotopic (exact) mass is 314 g/mol. The molecule has 2 nitrogen and oxygen atoms in total. The first-order valence-electron chi connectivity index (χ1n) is 3.58. The van der Waals surface area contributed by atoms with Crippen molar-refractivity contribution in [2.24, 2.45) is 0 Å². The van der Waals surface area contributed by atoms with Crippen molar-refractivity contribution >= 4 is 35.0 Å². The van der Waals surface area contributed by atoms with Crippen LogP contribution in [0.2, 0.25) is 0 Å². The third-order valence-corrected chi connectivity index (χ3v) is 1.75. The zero-order valence-corrected chi connectivity index (χ0v) is 9.13. The van der Waals surface area contributed by atoms with Crippen LogP contribution in [0.5, 0.6) is 0 Å².